The van der Waals surface area contributed by atoms with Crippen molar-refractivity contribution < 1.29 is 8.78 Å². The molecule has 0 aliphatic carbocycles. The van der Waals surface area contributed by atoms with Crippen molar-refractivity contribution in [3.63, 3.8) is 0 Å². The van der Waals surface area contributed by atoms with Crippen LogP contribution in [0.3, 0.4) is 0 Å². The van der Waals surface area contributed by atoms with E-state index in [-0.39, 0.29) is 5.56 Å². The Labute approximate surface area is 102 Å². The molecule has 0 fully saturated rings. The van der Waals surface area contributed by atoms with E-state index < -0.39 is 17.7 Å². The molecule has 3 N–H and O–H groups in total. The predicted octanol–water partition coefficient (Wildman–Crippen LogP) is 2.77. The summed E-state index contributed by atoms with van der Waals surface area (Å²) in [7, 11) is 0. The molecule has 0 aliphatic rings. The second-order valence-electron chi connectivity index (χ2n) is 3.69. The Morgan fingerprint density at radius 2 is 1.94 bits per heavy atom. The average molecular weight is 254 g/mol. The molecule has 0 saturated carbocycles. The maximum Gasteiger partial charge on any atom is 0.130 e. The lowest BCUT2D eigenvalue weighted by Gasteiger charge is -2.17. The number of nitrogens with one attached hydrogen (secondary N) is 1. The second kappa shape index (κ2) is 5.35. The minimum absolute atomic E-state index is 0.0128. The molecule has 1 unspecified atom stereocenters. The van der Waals surface area contributed by atoms with Gasteiger partial charge in [0.05, 0.1) is 6.04 Å². The fourth-order valence-corrected chi connectivity index (χ4v) is 2.41. The van der Waals surface area contributed by atoms with E-state index in [1.807, 2.05) is 16.8 Å². The second-order valence-corrected chi connectivity index (χ2v) is 4.47. The third-order valence-electron chi connectivity index (χ3n) is 2.57. The predicted molar refractivity (Wildman–Crippen MR) is 64.4 cm³/mol. The average Bonchev–Trinajstić information content (AvgIpc) is 2.80. The van der Waals surface area contributed by atoms with Crippen LogP contribution in [0, 0.1) is 11.6 Å². The summed E-state index contributed by atoms with van der Waals surface area (Å²) in [6.45, 7) is 0. The molecule has 5 heteroatoms. The quantitative estimate of drug-likeness (QED) is 0.650. The standard InChI is InChI=1S/C12H12F2N2S/c13-9-2-1-3-10(14)12(9)11(16-15)6-8-4-5-17-7-8/h1-5,7,11,16H,6,15H2. The first-order valence-electron chi connectivity index (χ1n) is 5.13. The lowest BCUT2D eigenvalue weighted by Crippen LogP contribution is -2.31. The van der Waals surface area contributed by atoms with Crippen LogP contribution in [0.25, 0.3) is 0 Å². The van der Waals surface area contributed by atoms with Crippen molar-refractivity contribution in [1.29, 1.82) is 0 Å². The van der Waals surface area contributed by atoms with Gasteiger partial charge in [-0.3, -0.25) is 11.3 Å². The van der Waals surface area contributed by atoms with E-state index in [4.69, 9.17) is 5.84 Å². The molecular weight excluding hydrogens is 242 g/mol. The third kappa shape index (κ3) is 2.69. The molecule has 90 valence electrons. The summed E-state index contributed by atoms with van der Waals surface area (Å²) >= 11 is 1.54. The first-order valence-corrected chi connectivity index (χ1v) is 6.07. The highest BCUT2D eigenvalue weighted by Crippen LogP contribution is 2.24. The van der Waals surface area contributed by atoms with Crippen LogP contribution in [0.4, 0.5) is 8.78 Å². The number of halogens is 2. The van der Waals surface area contributed by atoms with Crippen molar-refractivity contribution in [1.82, 2.24) is 5.43 Å². The zero-order valence-electron chi connectivity index (χ0n) is 8.99. The lowest BCUT2D eigenvalue weighted by atomic mass is 10.00. The summed E-state index contributed by atoms with van der Waals surface area (Å²) < 4.78 is 27.2. The van der Waals surface area contributed by atoms with Crippen LogP contribution in [0.5, 0.6) is 0 Å². The molecule has 2 nitrogen and oxygen atoms in total. The Bertz CT molecular complexity index is 465. The molecule has 0 radical (unpaired) electrons. The van der Waals surface area contributed by atoms with Crippen LogP contribution in [0.15, 0.2) is 35.0 Å². The van der Waals surface area contributed by atoms with E-state index >= 15 is 0 Å². The van der Waals surface area contributed by atoms with E-state index in [0.717, 1.165) is 5.56 Å². The number of hydrogen-bond acceptors (Lipinski definition) is 3. The van der Waals surface area contributed by atoms with Crippen molar-refractivity contribution in [2.75, 3.05) is 0 Å². The van der Waals surface area contributed by atoms with Gasteiger partial charge in [0.2, 0.25) is 0 Å². The lowest BCUT2D eigenvalue weighted by molar-refractivity contribution is 0.473. The van der Waals surface area contributed by atoms with Crippen molar-refractivity contribution in [2.24, 2.45) is 5.84 Å². The number of benzene rings is 1. The van der Waals surface area contributed by atoms with Crippen LogP contribution in [-0.2, 0) is 6.42 Å². The molecule has 1 aromatic heterocycles. The molecule has 0 bridgehead atoms. The van der Waals surface area contributed by atoms with Crippen molar-refractivity contribution in [3.05, 3.63) is 57.8 Å². The summed E-state index contributed by atoms with van der Waals surface area (Å²) in [6.07, 6.45) is 0.456. The van der Waals surface area contributed by atoms with Crippen molar-refractivity contribution in [2.45, 2.75) is 12.5 Å². The van der Waals surface area contributed by atoms with Gasteiger partial charge in [-0.15, -0.1) is 0 Å². The van der Waals surface area contributed by atoms with Crippen LogP contribution in [-0.4, -0.2) is 0 Å². The van der Waals surface area contributed by atoms with Crippen LogP contribution in [0.1, 0.15) is 17.2 Å². The van der Waals surface area contributed by atoms with Crippen LogP contribution < -0.4 is 11.3 Å². The van der Waals surface area contributed by atoms with Gasteiger partial charge in [-0.25, -0.2) is 8.78 Å². The van der Waals surface area contributed by atoms with Crippen LogP contribution >= 0.6 is 11.3 Å². The SMILES string of the molecule is NNC(Cc1ccsc1)c1c(F)cccc1F. The van der Waals surface area contributed by atoms with E-state index in [9.17, 15) is 8.78 Å². The summed E-state index contributed by atoms with van der Waals surface area (Å²) in [5.41, 5.74) is 3.45. The summed E-state index contributed by atoms with van der Waals surface area (Å²) in [5.74, 6) is 4.22. The van der Waals surface area contributed by atoms with Gasteiger partial charge in [0.15, 0.2) is 0 Å². The number of thiophene rings is 1. The molecule has 17 heavy (non-hydrogen) atoms. The Morgan fingerprint density at radius 1 is 1.24 bits per heavy atom. The van der Waals surface area contributed by atoms with Gasteiger partial charge in [0.1, 0.15) is 11.6 Å². The first kappa shape index (κ1) is 12.2. The van der Waals surface area contributed by atoms with Gasteiger partial charge in [0.25, 0.3) is 0 Å². The molecular formula is C12H12F2N2S. The highest BCUT2D eigenvalue weighted by molar-refractivity contribution is 7.07. The summed E-state index contributed by atoms with van der Waals surface area (Å²) in [4.78, 5) is 0. The van der Waals surface area contributed by atoms with Gasteiger partial charge in [-0.05, 0) is 40.9 Å². The van der Waals surface area contributed by atoms with E-state index in [1.165, 1.54) is 29.5 Å². The Kier molecular flexibility index (Phi) is 3.83. The molecule has 0 aliphatic heterocycles. The molecule has 2 aromatic rings. The number of hydrazine groups is 1. The number of rotatable bonds is 4. The minimum atomic E-state index is -0.580. The summed E-state index contributed by atoms with van der Waals surface area (Å²) in [5, 5.41) is 3.85. The molecule has 0 amide bonds. The van der Waals surface area contributed by atoms with Crippen molar-refractivity contribution >= 4 is 11.3 Å². The highest BCUT2D eigenvalue weighted by atomic mass is 32.1. The maximum atomic E-state index is 13.6. The van der Waals surface area contributed by atoms with E-state index in [0.29, 0.717) is 6.42 Å². The molecule has 1 atom stereocenters. The zero-order chi connectivity index (χ0) is 12.3. The molecule has 2 rings (SSSR count). The van der Waals surface area contributed by atoms with Gasteiger partial charge in [-0.2, -0.15) is 11.3 Å². The van der Waals surface area contributed by atoms with Crippen LogP contribution in [0.2, 0.25) is 0 Å². The zero-order valence-corrected chi connectivity index (χ0v) is 9.81. The number of hydrogen-bond donors (Lipinski definition) is 2. The number of nitrogens with two attached hydrogens (primary N) is 1. The summed E-state index contributed by atoms with van der Waals surface area (Å²) in [6, 6.07) is 5.15. The normalized spacial score (nSPS) is 12.6. The molecule has 0 spiro atoms. The topological polar surface area (TPSA) is 38.0 Å². The Balaban J connectivity index is 2.29. The Hall–Kier alpha value is -1.30. The fraction of sp³-hybridized carbons (Fsp3) is 0.167. The fourth-order valence-electron chi connectivity index (χ4n) is 1.73. The molecule has 1 aromatic carbocycles. The monoisotopic (exact) mass is 254 g/mol. The van der Waals surface area contributed by atoms with Gasteiger partial charge in [0, 0.05) is 5.56 Å². The molecule has 0 saturated heterocycles. The minimum Gasteiger partial charge on any atom is -0.271 e. The third-order valence-corrected chi connectivity index (χ3v) is 3.30. The van der Waals surface area contributed by atoms with Gasteiger partial charge >= 0.3 is 0 Å². The van der Waals surface area contributed by atoms with E-state index in [1.54, 1.807) is 0 Å². The highest BCUT2D eigenvalue weighted by Gasteiger charge is 2.19. The Morgan fingerprint density at radius 3 is 2.47 bits per heavy atom. The van der Waals surface area contributed by atoms with Gasteiger partial charge < -0.3 is 0 Å². The maximum absolute atomic E-state index is 13.6. The first-order chi connectivity index (χ1) is 8.22. The molecule has 1 heterocycles. The smallest absolute Gasteiger partial charge is 0.130 e. The van der Waals surface area contributed by atoms with Crippen molar-refractivity contribution in [3.8, 4) is 0 Å². The van der Waals surface area contributed by atoms with Gasteiger partial charge in [-0.1, -0.05) is 6.07 Å². The van der Waals surface area contributed by atoms with E-state index in [2.05, 4.69) is 5.43 Å². The largest absolute Gasteiger partial charge is 0.271 e.